The third-order valence-electron chi connectivity index (χ3n) is 9.36. The first-order valence-corrected chi connectivity index (χ1v) is 20.2. The number of carbonyl (C=O) groups is 6. The minimum absolute atomic E-state index is 0.0907. The van der Waals surface area contributed by atoms with E-state index >= 15 is 0 Å². The highest BCUT2D eigenvalue weighted by molar-refractivity contribution is 8.00. The zero-order chi connectivity index (χ0) is 42.1. The summed E-state index contributed by atoms with van der Waals surface area (Å²) in [6, 6.07) is 8.52. The number of thioether (sulfide) groups is 1. The number of fused-ring (bicyclic) bond motifs is 1. The summed E-state index contributed by atoms with van der Waals surface area (Å²) in [5.41, 5.74) is 10.0. The van der Waals surface area contributed by atoms with Crippen molar-refractivity contribution in [2.45, 2.75) is 109 Å². The molecule has 0 radical (unpaired) electrons. The Morgan fingerprint density at radius 2 is 1.54 bits per heavy atom. The number of aromatic nitrogens is 1. The van der Waals surface area contributed by atoms with Crippen LogP contribution in [-0.2, 0) is 46.3 Å². The fourth-order valence-corrected chi connectivity index (χ4v) is 7.10. The first-order chi connectivity index (χ1) is 27.1. The van der Waals surface area contributed by atoms with Crippen molar-refractivity contribution < 1.29 is 38.2 Å². The van der Waals surface area contributed by atoms with Gasteiger partial charge in [-0.25, -0.2) is 4.79 Å². The molecule has 0 fully saturated rings. The van der Waals surface area contributed by atoms with E-state index < -0.39 is 52.6 Å². The Labute approximate surface area is 339 Å². The van der Waals surface area contributed by atoms with Crippen molar-refractivity contribution in [1.82, 2.24) is 31.6 Å². The number of nitrogens with two attached hydrogens (primary N) is 1. The van der Waals surface area contributed by atoms with Crippen molar-refractivity contribution in [3.8, 4) is 5.75 Å². The van der Waals surface area contributed by atoms with Gasteiger partial charge in [0.2, 0.25) is 29.5 Å². The Hall–Kier alpha value is -5.09. The fraction of sp³-hybridized carbons (Fsp3) is 0.512. The molecule has 1 unspecified atom stereocenters. The second-order valence-electron chi connectivity index (χ2n) is 14.5. The third-order valence-corrected chi connectivity index (χ3v) is 10.6. The number of hydrogen-bond acceptors (Lipinski definition) is 10. The molecule has 0 bridgehead atoms. The number of methoxy groups -OCH3 is 1. The molecule has 57 heavy (non-hydrogen) atoms. The van der Waals surface area contributed by atoms with E-state index in [0.717, 1.165) is 34.0 Å². The molecule has 3 aromatic rings. The minimum Gasteiger partial charge on any atom is -0.494 e. The van der Waals surface area contributed by atoms with Gasteiger partial charge in [-0.15, -0.1) is 11.8 Å². The Morgan fingerprint density at radius 1 is 0.860 bits per heavy atom. The van der Waals surface area contributed by atoms with Gasteiger partial charge in [-0.2, -0.15) is 0 Å². The molecular weight excluding hydrogens is 751 g/mol. The van der Waals surface area contributed by atoms with Gasteiger partial charge in [0.15, 0.2) is 0 Å². The van der Waals surface area contributed by atoms with E-state index in [4.69, 9.17) is 15.2 Å². The fourth-order valence-electron chi connectivity index (χ4n) is 6.12. The van der Waals surface area contributed by atoms with E-state index in [1.807, 2.05) is 38.2 Å². The second-order valence-corrected chi connectivity index (χ2v) is 16.1. The van der Waals surface area contributed by atoms with Crippen molar-refractivity contribution in [3.63, 3.8) is 0 Å². The lowest BCUT2D eigenvalue weighted by Crippen LogP contribution is -2.62. The lowest BCUT2D eigenvalue weighted by molar-refractivity contribution is -0.145. The third kappa shape index (κ3) is 14.7. The van der Waals surface area contributed by atoms with Gasteiger partial charge in [-0.1, -0.05) is 37.3 Å². The van der Waals surface area contributed by atoms with Gasteiger partial charge < -0.3 is 46.8 Å². The Kier molecular flexibility index (Phi) is 18.4. The van der Waals surface area contributed by atoms with Crippen LogP contribution in [0.4, 0.5) is 0 Å². The zero-order valence-corrected chi connectivity index (χ0v) is 34.9. The molecule has 4 atom stereocenters. The van der Waals surface area contributed by atoms with Gasteiger partial charge >= 0.3 is 5.97 Å². The van der Waals surface area contributed by atoms with Crippen molar-refractivity contribution >= 4 is 58.2 Å². The summed E-state index contributed by atoms with van der Waals surface area (Å²) in [5, 5.41) is 14.8. The Bertz CT molecular complexity index is 1830. The lowest BCUT2D eigenvalue weighted by Gasteiger charge is -2.35. The van der Waals surface area contributed by atoms with Gasteiger partial charge in [0.05, 0.1) is 25.6 Å². The first kappa shape index (κ1) is 46.3. The molecule has 0 saturated heterocycles. The molecule has 15 nitrogen and oxygen atoms in total. The van der Waals surface area contributed by atoms with Crippen molar-refractivity contribution in [2.75, 3.05) is 26.1 Å². The summed E-state index contributed by atoms with van der Waals surface area (Å²) in [6.07, 6.45) is 4.10. The number of benzene rings is 2. The molecule has 0 aliphatic carbocycles. The van der Waals surface area contributed by atoms with Crippen LogP contribution in [0.3, 0.4) is 0 Å². The van der Waals surface area contributed by atoms with Crippen LogP contribution in [0, 0.1) is 6.92 Å². The molecule has 5 amide bonds. The molecule has 0 aliphatic rings. The SMILES string of the molecule is CCCOc1ccc(C[C@H](NC(=O)C(NC(=O)[C@H](CCCCNC(C)=O)NC(=O)[C@@H](N)Cc2c[nH]c3c(C)cccc23)C(C)(C)SCNC(C)=O)C(=O)OC)cc1. The number of ether oxygens (including phenoxy) is 2. The maximum absolute atomic E-state index is 14.2. The van der Waals surface area contributed by atoms with E-state index in [2.05, 4.69) is 31.6 Å². The van der Waals surface area contributed by atoms with Crippen LogP contribution >= 0.6 is 11.8 Å². The van der Waals surface area contributed by atoms with Crippen LogP contribution in [-0.4, -0.2) is 95.5 Å². The monoisotopic (exact) mass is 809 g/mol. The molecule has 1 heterocycles. The molecule has 312 valence electrons. The average Bonchev–Trinajstić information content (AvgIpc) is 3.58. The van der Waals surface area contributed by atoms with Crippen LogP contribution in [0.2, 0.25) is 0 Å². The van der Waals surface area contributed by atoms with Crippen molar-refractivity contribution in [3.05, 3.63) is 65.4 Å². The summed E-state index contributed by atoms with van der Waals surface area (Å²) in [5.74, 6) is -2.24. The molecule has 8 N–H and O–H groups in total. The lowest BCUT2D eigenvalue weighted by atomic mass is 9.99. The number of amides is 5. The van der Waals surface area contributed by atoms with Gasteiger partial charge in [0, 0.05) is 48.7 Å². The highest BCUT2D eigenvalue weighted by atomic mass is 32.2. The van der Waals surface area contributed by atoms with Crippen LogP contribution in [0.15, 0.2) is 48.7 Å². The van der Waals surface area contributed by atoms with E-state index in [-0.39, 0.29) is 37.0 Å². The average molecular weight is 810 g/mol. The number of nitrogens with one attached hydrogen (secondary N) is 6. The van der Waals surface area contributed by atoms with Gasteiger partial charge in [-0.05, 0) is 81.7 Å². The maximum Gasteiger partial charge on any atom is 0.328 e. The molecule has 0 saturated carbocycles. The van der Waals surface area contributed by atoms with Gasteiger partial charge in [-0.3, -0.25) is 24.0 Å². The van der Waals surface area contributed by atoms with E-state index in [1.54, 1.807) is 38.1 Å². The Balaban J connectivity index is 1.87. The minimum atomic E-state index is -1.26. The number of aromatic amines is 1. The van der Waals surface area contributed by atoms with Crippen molar-refractivity contribution in [1.29, 1.82) is 0 Å². The quantitative estimate of drug-likeness (QED) is 0.0422. The smallest absolute Gasteiger partial charge is 0.328 e. The van der Waals surface area contributed by atoms with E-state index in [9.17, 15) is 28.8 Å². The predicted octanol–water partition coefficient (Wildman–Crippen LogP) is 2.92. The van der Waals surface area contributed by atoms with Crippen LogP contribution < -0.4 is 37.1 Å². The summed E-state index contributed by atoms with van der Waals surface area (Å²) in [6.45, 7) is 11.2. The van der Waals surface area contributed by atoms with Crippen LogP contribution in [0.25, 0.3) is 10.9 Å². The number of unbranched alkanes of at least 4 members (excludes halogenated alkanes) is 1. The van der Waals surface area contributed by atoms with E-state index in [0.29, 0.717) is 31.7 Å². The standard InChI is InChI=1S/C41H59N7O8S/c1-8-20-56-30-17-15-28(16-18-30)21-34(40(54)55-7)47-39(53)36(41(5,6)57-24-45-27(4)50)48-38(52)33(14-9-10-19-43-26(3)49)46-37(51)32(42)22-29-23-44-35-25(2)12-11-13-31(29)35/h11-13,15-18,23,32-34,36,44H,8-10,14,19-22,24,42H2,1-7H3,(H,43,49)(H,45,50)(H,46,51)(H,47,53)(H,48,52)/t32-,33-,34-,36?/m0/s1. The number of rotatable bonds is 23. The topological polar surface area (TPSA) is 223 Å². The highest BCUT2D eigenvalue weighted by Gasteiger charge is 2.40. The van der Waals surface area contributed by atoms with Gasteiger partial charge in [0.25, 0.3) is 0 Å². The zero-order valence-electron chi connectivity index (χ0n) is 34.0. The number of H-pyrrole nitrogens is 1. The first-order valence-electron chi connectivity index (χ1n) is 19.2. The molecule has 0 spiro atoms. The summed E-state index contributed by atoms with van der Waals surface area (Å²) in [7, 11) is 1.22. The number of carbonyl (C=O) groups excluding carboxylic acids is 6. The van der Waals surface area contributed by atoms with Crippen LogP contribution in [0.1, 0.15) is 77.0 Å². The van der Waals surface area contributed by atoms with Crippen molar-refractivity contribution in [2.24, 2.45) is 5.73 Å². The number of aryl methyl sites for hydroxylation is 1. The molecule has 0 aliphatic heterocycles. The molecule has 2 aromatic carbocycles. The number of para-hydroxylation sites is 1. The maximum atomic E-state index is 14.2. The van der Waals surface area contributed by atoms with E-state index in [1.165, 1.54) is 32.7 Å². The molecule has 1 aromatic heterocycles. The number of hydrogen-bond donors (Lipinski definition) is 7. The second kappa shape index (κ2) is 22.6. The predicted molar refractivity (Wildman–Crippen MR) is 221 cm³/mol. The summed E-state index contributed by atoms with van der Waals surface area (Å²) < 4.78 is 9.66. The molecule has 16 heteroatoms. The summed E-state index contributed by atoms with van der Waals surface area (Å²) in [4.78, 5) is 81.5. The van der Waals surface area contributed by atoms with Crippen LogP contribution in [0.5, 0.6) is 5.75 Å². The molecule has 3 rings (SSSR count). The Morgan fingerprint density at radius 3 is 2.19 bits per heavy atom. The largest absolute Gasteiger partial charge is 0.494 e. The molecular formula is C41H59N7O8S. The normalized spacial score (nSPS) is 13.4. The number of esters is 1. The summed E-state index contributed by atoms with van der Waals surface area (Å²) >= 11 is 1.21. The highest BCUT2D eigenvalue weighted by Crippen LogP contribution is 2.29. The van der Waals surface area contributed by atoms with Gasteiger partial charge in [0.1, 0.15) is 23.9 Å².